The Morgan fingerprint density at radius 3 is 2.17 bits per heavy atom. The highest BCUT2D eigenvalue weighted by molar-refractivity contribution is 6.33. The Hall–Kier alpha value is -1.62. The normalized spacial score (nSPS) is 11.6. The van der Waals surface area contributed by atoms with Crippen molar-refractivity contribution in [2.45, 2.75) is 6.18 Å². The molecule has 0 saturated carbocycles. The van der Waals surface area contributed by atoms with Gasteiger partial charge in [-0.15, -0.1) is 0 Å². The van der Waals surface area contributed by atoms with Crippen LogP contribution in [0.4, 0.5) is 17.6 Å². The minimum Gasteiger partial charge on any atom is -0.252 e. The Morgan fingerprint density at radius 2 is 1.67 bits per heavy atom. The number of rotatable bonds is 1. The maximum atomic E-state index is 12.8. The summed E-state index contributed by atoms with van der Waals surface area (Å²) in [6, 6.07) is 5.40. The maximum absolute atomic E-state index is 12.8. The average molecular weight is 276 g/mol. The number of halogens is 5. The van der Waals surface area contributed by atoms with Gasteiger partial charge in [-0.3, -0.25) is 4.98 Å². The van der Waals surface area contributed by atoms with Crippen LogP contribution in [-0.4, -0.2) is 4.98 Å². The van der Waals surface area contributed by atoms with Crippen molar-refractivity contribution in [3.63, 3.8) is 0 Å². The molecule has 0 atom stereocenters. The number of hydrogen-bond donors (Lipinski definition) is 0. The maximum Gasteiger partial charge on any atom is 0.416 e. The molecular formula is C12H6ClF4N. The van der Waals surface area contributed by atoms with Gasteiger partial charge in [-0.25, -0.2) is 4.39 Å². The van der Waals surface area contributed by atoms with E-state index in [9.17, 15) is 17.6 Å². The summed E-state index contributed by atoms with van der Waals surface area (Å²) in [6.45, 7) is 0. The Kier molecular flexibility index (Phi) is 3.26. The topological polar surface area (TPSA) is 12.9 Å². The van der Waals surface area contributed by atoms with Gasteiger partial charge < -0.3 is 0 Å². The second-order valence-electron chi connectivity index (χ2n) is 3.56. The minimum atomic E-state index is -4.39. The molecule has 18 heavy (non-hydrogen) atoms. The Morgan fingerprint density at radius 1 is 1.06 bits per heavy atom. The first-order chi connectivity index (χ1) is 8.38. The molecule has 6 heteroatoms. The lowest BCUT2D eigenvalue weighted by molar-refractivity contribution is -0.137. The van der Waals surface area contributed by atoms with Crippen molar-refractivity contribution in [1.82, 2.24) is 4.98 Å². The number of aromatic nitrogens is 1. The number of alkyl halides is 3. The van der Waals surface area contributed by atoms with Crippen molar-refractivity contribution in [3.05, 3.63) is 52.9 Å². The molecule has 1 aromatic heterocycles. The van der Waals surface area contributed by atoms with E-state index in [1.165, 1.54) is 12.1 Å². The van der Waals surface area contributed by atoms with Gasteiger partial charge in [-0.2, -0.15) is 13.2 Å². The van der Waals surface area contributed by atoms with E-state index in [0.717, 1.165) is 24.4 Å². The van der Waals surface area contributed by atoms with Crippen LogP contribution < -0.4 is 0 Å². The van der Waals surface area contributed by atoms with Crippen LogP contribution in [-0.2, 0) is 6.18 Å². The molecular weight excluding hydrogens is 270 g/mol. The van der Waals surface area contributed by atoms with Crippen molar-refractivity contribution >= 4 is 11.6 Å². The predicted octanol–water partition coefficient (Wildman–Crippen LogP) is 4.56. The monoisotopic (exact) mass is 275 g/mol. The lowest BCUT2D eigenvalue weighted by Gasteiger charge is -2.08. The first-order valence-corrected chi connectivity index (χ1v) is 5.24. The lowest BCUT2D eigenvalue weighted by Crippen LogP contribution is -2.04. The zero-order valence-electron chi connectivity index (χ0n) is 8.80. The molecule has 0 N–H and O–H groups in total. The number of pyridine rings is 1. The van der Waals surface area contributed by atoms with Gasteiger partial charge in [0.2, 0.25) is 0 Å². The van der Waals surface area contributed by atoms with E-state index < -0.39 is 17.6 Å². The Balaban J connectivity index is 2.41. The fraction of sp³-hybridized carbons (Fsp3) is 0.0833. The van der Waals surface area contributed by atoms with E-state index in [0.29, 0.717) is 5.56 Å². The van der Waals surface area contributed by atoms with Gasteiger partial charge >= 0.3 is 6.18 Å². The first-order valence-electron chi connectivity index (χ1n) is 4.86. The highest BCUT2D eigenvalue weighted by Gasteiger charge is 2.30. The van der Waals surface area contributed by atoms with Crippen LogP contribution in [0.25, 0.3) is 11.3 Å². The summed E-state index contributed by atoms with van der Waals surface area (Å²) in [5, 5.41) is 0.0507. The van der Waals surface area contributed by atoms with E-state index >= 15 is 0 Å². The second-order valence-corrected chi connectivity index (χ2v) is 3.97. The molecule has 0 bridgehead atoms. The molecule has 0 unspecified atom stereocenters. The lowest BCUT2D eigenvalue weighted by atomic mass is 10.1. The molecule has 0 aliphatic rings. The highest BCUT2D eigenvalue weighted by atomic mass is 35.5. The minimum absolute atomic E-state index is 0.0507. The molecule has 94 valence electrons. The summed E-state index contributed by atoms with van der Waals surface area (Å²) in [6.07, 6.45) is -3.43. The van der Waals surface area contributed by atoms with Gasteiger partial charge in [0.15, 0.2) is 0 Å². The van der Waals surface area contributed by atoms with Crippen LogP contribution in [0.2, 0.25) is 5.02 Å². The summed E-state index contributed by atoms with van der Waals surface area (Å²) >= 11 is 5.77. The van der Waals surface area contributed by atoms with E-state index in [-0.39, 0.29) is 10.7 Å². The molecule has 0 aliphatic carbocycles. The predicted molar refractivity (Wildman–Crippen MR) is 59.6 cm³/mol. The number of hydrogen-bond acceptors (Lipinski definition) is 1. The standard InChI is InChI=1S/C12H6ClF4N/c13-10-5-9(14)6-18-11(10)7-1-3-8(4-2-7)12(15,16)17/h1-6H. The molecule has 2 aromatic rings. The Bertz CT molecular complexity index is 563. The molecule has 0 fully saturated rings. The van der Waals surface area contributed by atoms with Crippen LogP contribution in [0.1, 0.15) is 5.56 Å². The van der Waals surface area contributed by atoms with Gasteiger partial charge in [0.05, 0.1) is 22.5 Å². The van der Waals surface area contributed by atoms with Gasteiger partial charge in [0, 0.05) is 5.56 Å². The third-order valence-corrected chi connectivity index (χ3v) is 2.58. The van der Waals surface area contributed by atoms with E-state index in [1.54, 1.807) is 0 Å². The number of benzene rings is 1. The molecule has 2 rings (SSSR count). The zero-order valence-corrected chi connectivity index (χ0v) is 9.56. The molecule has 0 amide bonds. The molecule has 0 aliphatic heterocycles. The third-order valence-electron chi connectivity index (χ3n) is 2.29. The van der Waals surface area contributed by atoms with Crippen LogP contribution in [0.15, 0.2) is 36.5 Å². The van der Waals surface area contributed by atoms with E-state index in [1.807, 2.05) is 0 Å². The SMILES string of the molecule is Fc1cnc(-c2ccc(C(F)(F)F)cc2)c(Cl)c1. The van der Waals surface area contributed by atoms with Gasteiger partial charge in [0.25, 0.3) is 0 Å². The third kappa shape index (κ3) is 2.61. The molecule has 0 saturated heterocycles. The summed E-state index contributed by atoms with van der Waals surface area (Å²) in [5.74, 6) is -0.601. The molecule has 1 nitrogen and oxygen atoms in total. The van der Waals surface area contributed by atoms with E-state index in [4.69, 9.17) is 11.6 Å². The second kappa shape index (κ2) is 4.57. The fourth-order valence-electron chi connectivity index (χ4n) is 1.44. The number of nitrogens with zero attached hydrogens (tertiary/aromatic N) is 1. The first kappa shape index (κ1) is 12.8. The van der Waals surface area contributed by atoms with Gasteiger partial charge in [-0.1, -0.05) is 23.7 Å². The van der Waals surface area contributed by atoms with Gasteiger partial charge in [-0.05, 0) is 18.2 Å². The van der Waals surface area contributed by atoms with Crippen molar-refractivity contribution < 1.29 is 17.6 Å². The smallest absolute Gasteiger partial charge is 0.252 e. The quantitative estimate of drug-likeness (QED) is 0.695. The van der Waals surface area contributed by atoms with Gasteiger partial charge in [0.1, 0.15) is 5.82 Å². The van der Waals surface area contributed by atoms with Crippen molar-refractivity contribution in [2.24, 2.45) is 0 Å². The van der Waals surface area contributed by atoms with Crippen LogP contribution in [0, 0.1) is 5.82 Å². The van der Waals surface area contributed by atoms with Crippen molar-refractivity contribution in [2.75, 3.05) is 0 Å². The fourth-order valence-corrected chi connectivity index (χ4v) is 1.71. The molecule has 0 spiro atoms. The summed E-state index contributed by atoms with van der Waals surface area (Å²) in [7, 11) is 0. The highest BCUT2D eigenvalue weighted by Crippen LogP contribution is 2.32. The summed E-state index contributed by atoms with van der Waals surface area (Å²) < 4.78 is 49.9. The van der Waals surface area contributed by atoms with Crippen molar-refractivity contribution in [1.29, 1.82) is 0 Å². The summed E-state index contributed by atoms with van der Waals surface area (Å²) in [5.41, 5.74) is -0.121. The van der Waals surface area contributed by atoms with Crippen LogP contribution >= 0.6 is 11.6 Å². The molecule has 1 aromatic carbocycles. The van der Waals surface area contributed by atoms with Crippen LogP contribution in [0.3, 0.4) is 0 Å². The van der Waals surface area contributed by atoms with Crippen LogP contribution in [0.5, 0.6) is 0 Å². The Labute approximate surface area is 105 Å². The molecule has 0 radical (unpaired) electrons. The van der Waals surface area contributed by atoms with Crippen molar-refractivity contribution in [3.8, 4) is 11.3 Å². The van der Waals surface area contributed by atoms with E-state index in [2.05, 4.69) is 4.98 Å². The molecule has 1 heterocycles. The summed E-state index contributed by atoms with van der Waals surface area (Å²) in [4.78, 5) is 3.75. The zero-order chi connectivity index (χ0) is 13.3. The average Bonchev–Trinajstić information content (AvgIpc) is 2.28. The largest absolute Gasteiger partial charge is 0.416 e.